The van der Waals surface area contributed by atoms with Gasteiger partial charge in [0, 0.05) is 124 Å². The zero-order valence-electron chi connectivity index (χ0n) is 60.9. The molecular formula is C103H69N9. The van der Waals surface area contributed by atoms with Gasteiger partial charge >= 0.3 is 0 Å². The summed E-state index contributed by atoms with van der Waals surface area (Å²) in [6.45, 7) is 0. The van der Waals surface area contributed by atoms with Gasteiger partial charge in [0.25, 0.3) is 0 Å². The van der Waals surface area contributed by atoms with E-state index in [1.807, 2.05) is 73.3 Å². The van der Waals surface area contributed by atoms with E-state index in [-0.39, 0.29) is 0 Å². The van der Waals surface area contributed by atoms with Crippen LogP contribution in [0.25, 0.3) is 189 Å². The molecule has 0 aliphatic carbocycles. The Balaban J connectivity index is 0.000000115. The third-order valence-electron chi connectivity index (χ3n) is 21.4. The summed E-state index contributed by atoms with van der Waals surface area (Å²) in [4.78, 5) is 23.6. The first-order valence-corrected chi connectivity index (χ1v) is 37.8. The van der Waals surface area contributed by atoms with E-state index in [2.05, 4.69) is 384 Å². The van der Waals surface area contributed by atoms with Gasteiger partial charge in [-0.25, -0.2) is 24.9 Å². The Morgan fingerprint density at radius 3 is 0.616 bits per heavy atom. The number of rotatable bonds is 11. The SMILES string of the molecule is c1ccc(-c2cc(-c3ccc(-n4c5ccccc5c5ccccc54)cc3)nc(-c3ccc(-n4c5ccccc5c5ccccc54)cc3)c2)cc1.c1ccc(-c2cnc(-c3ccc(-n4c5ccccc5c5ccccc54)cc3)nc2)cc1.c1ccc(-c2ncc(-c3ccc(-n4c5ccccc5c5ccccc54)cc3)cn2)cc1. The van der Waals surface area contributed by atoms with Gasteiger partial charge in [-0.15, -0.1) is 0 Å². The first kappa shape index (κ1) is 66.3. The molecule has 0 fully saturated rings. The first-order valence-electron chi connectivity index (χ1n) is 37.8. The summed E-state index contributed by atoms with van der Waals surface area (Å²) in [6, 6.07) is 139. The molecule has 0 saturated heterocycles. The van der Waals surface area contributed by atoms with Crippen molar-refractivity contribution >= 4 is 87.2 Å². The van der Waals surface area contributed by atoms with Gasteiger partial charge in [-0.3, -0.25) is 0 Å². The van der Waals surface area contributed by atoms with Crippen molar-refractivity contribution in [1.29, 1.82) is 0 Å². The lowest BCUT2D eigenvalue weighted by molar-refractivity contribution is 1.16. The van der Waals surface area contributed by atoms with E-state index >= 15 is 0 Å². The molecular weight excluding hydrogens is 1360 g/mol. The standard InChI is InChI=1S/C47H31N3.2C28H19N3/c1-2-12-32(13-3-1)35-30-42(33-22-26-36(27-23-33)49-44-18-8-4-14-38(44)39-15-5-9-19-45(39)49)48-43(31-35)34-24-28-37(29-25-34)50-46-20-10-6-16-40(46)41-17-7-11-21-47(41)50;1-2-8-21(9-3-1)28-29-18-22(19-30-28)20-14-16-23(17-15-20)31-26-12-6-4-10-24(26)25-11-5-7-13-27(25)31;1-2-8-20(9-3-1)22-18-29-28(30-19-22)21-14-16-23(17-15-21)31-26-12-6-4-10-24(26)25-11-5-7-13-27(25)31/h1-31H;2*1-19H. The molecule has 9 heteroatoms. The Labute approximate surface area is 646 Å². The molecule has 7 aromatic heterocycles. The Bertz CT molecular complexity index is 6550. The van der Waals surface area contributed by atoms with Gasteiger partial charge in [0.15, 0.2) is 11.6 Å². The van der Waals surface area contributed by atoms with Crippen molar-refractivity contribution < 1.29 is 0 Å². The molecule has 0 spiro atoms. The van der Waals surface area contributed by atoms with Crippen molar-refractivity contribution in [2.75, 3.05) is 0 Å². The highest BCUT2D eigenvalue weighted by atomic mass is 15.0. The smallest absolute Gasteiger partial charge is 0.159 e. The van der Waals surface area contributed by atoms with Gasteiger partial charge < -0.3 is 18.3 Å². The van der Waals surface area contributed by atoms with E-state index in [9.17, 15) is 0 Å². The second kappa shape index (κ2) is 28.8. The maximum atomic E-state index is 5.27. The van der Waals surface area contributed by atoms with Crippen molar-refractivity contribution in [3.63, 3.8) is 0 Å². The van der Waals surface area contributed by atoms with Gasteiger partial charge in [0.05, 0.1) is 55.5 Å². The fraction of sp³-hybridized carbons (Fsp3) is 0. The van der Waals surface area contributed by atoms with Crippen molar-refractivity contribution in [1.82, 2.24) is 43.2 Å². The van der Waals surface area contributed by atoms with Crippen LogP contribution in [-0.4, -0.2) is 43.2 Å². The molecule has 0 N–H and O–H groups in total. The monoisotopic (exact) mass is 1430 g/mol. The molecule has 9 nitrogen and oxygen atoms in total. The number of hydrogen-bond acceptors (Lipinski definition) is 5. The van der Waals surface area contributed by atoms with E-state index in [0.29, 0.717) is 0 Å². The zero-order chi connectivity index (χ0) is 74.3. The molecule has 0 amide bonds. The molecule has 0 unspecified atom stereocenters. The minimum absolute atomic E-state index is 0.730. The molecule has 22 aromatic rings. The minimum atomic E-state index is 0.730. The molecule has 0 radical (unpaired) electrons. The average Bonchev–Trinajstić information content (AvgIpc) is 1.61. The summed E-state index contributed by atoms with van der Waals surface area (Å²) in [7, 11) is 0. The number of benzene rings is 15. The third-order valence-corrected chi connectivity index (χ3v) is 21.4. The molecule has 112 heavy (non-hydrogen) atoms. The molecule has 15 aromatic carbocycles. The van der Waals surface area contributed by atoms with E-state index in [0.717, 1.165) is 95.9 Å². The number of nitrogens with zero attached hydrogens (tertiary/aromatic N) is 9. The lowest BCUT2D eigenvalue weighted by Crippen LogP contribution is -1.96. The lowest BCUT2D eigenvalue weighted by atomic mass is 10.00. The molecule has 0 saturated carbocycles. The molecule has 0 aliphatic heterocycles. The Morgan fingerprint density at radius 1 is 0.152 bits per heavy atom. The highest BCUT2D eigenvalue weighted by Gasteiger charge is 2.19. The molecule has 0 atom stereocenters. The summed E-state index contributed by atoms with van der Waals surface area (Å²) in [5.41, 5.74) is 26.8. The van der Waals surface area contributed by atoms with Gasteiger partial charge in [-0.2, -0.15) is 0 Å². The van der Waals surface area contributed by atoms with Crippen LogP contribution in [0.4, 0.5) is 0 Å². The molecule has 0 bridgehead atoms. The topological polar surface area (TPSA) is 84.2 Å². The average molecular weight is 1430 g/mol. The van der Waals surface area contributed by atoms with E-state index in [1.165, 1.54) is 92.8 Å². The number of hydrogen-bond donors (Lipinski definition) is 0. The van der Waals surface area contributed by atoms with Crippen molar-refractivity contribution in [2.24, 2.45) is 0 Å². The van der Waals surface area contributed by atoms with Gasteiger partial charge in [0.1, 0.15) is 0 Å². The van der Waals surface area contributed by atoms with E-state index in [1.54, 1.807) is 0 Å². The minimum Gasteiger partial charge on any atom is -0.309 e. The summed E-state index contributed by atoms with van der Waals surface area (Å²) < 4.78 is 9.34. The van der Waals surface area contributed by atoms with E-state index < -0.39 is 0 Å². The summed E-state index contributed by atoms with van der Waals surface area (Å²) in [6.07, 6.45) is 7.56. The maximum Gasteiger partial charge on any atom is 0.159 e. The van der Waals surface area contributed by atoms with Crippen LogP contribution in [0, 0.1) is 0 Å². The van der Waals surface area contributed by atoms with Crippen LogP contribution in [0.5, 0.6) is 0 Å². The fourth-order valence-corrected chi connectivity index (χ4v) is 16.0. The van der Waals surface area contributed by atoms with Crippen LogP contribution in [-0.2, 0) is 0 Å². The summed E-state index contributed by atoms with van der Waals surface area (Å²) in [5, 5.41) is 10.1. The van der Waals surface area contributed by atoms with Crippen LogP contribution in [0.1, 0.15) is 0 Å². The molecule has 526 valence electrons. The molecule has 7 heterocycles. The van der Waals surface area contributed by atoms with Gasteiger partial charge in [-0.1, -0.05) is 273 Å². The van der Waals surface area contributed by atoms with Crippen LogP contribution in [0.3, 0.4) is 0 Å². The van der Waals surface area contributed by atoms with Crippen LogP contribution >= 0.6 is 0 Å². The molecule has 0 aliphatic rings. The largest absolute Gasteiger partial charge is 0.309 e. The quantitative estimate of drug-likeness (QED) is 0.129. The predicted octanol–water partition coefficient (Wildman–Crippen LogP) is 26.1. The van der Waals surface area contributed by atoms with Crippen LogP contribution in [0.15, 0.2) is 419 Å². The number of para-hydroxylation sites is 8. The van der Waals surface area contributed by atoms with Crippen molar-refractivity contribution in [3.05, 3.63) is 419 Å². The predicted molar refractivity (Wildman–Crippen MR) is 464 cm³/mol. The maximum absolute atomic E-state index is 5.27. The Morgan fingerprint density at radius 2 is 0.348 bits per heavy atom. The Hall–Kier alpha value is -15.2. The normalized spacial score (nSPS) is 11.4. The van der Waals surface area contributed by atoms with Gasteiger partial charge in [0.2, 0.25) is 0 Å². The zero-order valence-corrected chi connectivity index (χ0v) is 60.9. The molecule has 22 rings (SSSR count). The van der Waals surface area contributed by atoms with Gasteiger partial charge in [-0.05, 0) is 144 Å². The highest BCUT2D eigenvalue weighted by Crippen LogP contribution is 2.39. The van der Waals surface area contributed by atoms with Crippen molar-refractivity contribution in [2.45, 2.75) is 0 Å². The highest BCUT2D eigenvalue weighted by molar-refractivity contribution is 6.12. The second-order valence-corrected chi connectivity index (χ2v) is 28.0. The fourth-order valence-electron chi connectivity index (χ4n) is 16.0. The number of pyridine rings is 1. The van der Waals surface area contributed by atoms with Crippen LogP contribution in [0.2, 0.25) is 0 Å². The summed E-state index contributed by atoms with van der Waals surface area (Å²) >= 11 is 0. The second-order valence-electron chi connectivity index (χ2n) is 28.0. The third kappa shape index (κ3) is 12.3. The lowest BCUT2D eigenvalue weighted by Gasteiger charge is -2.13. The first-order chi connectivity index (χ1) is 55.6. The number of fused-ring (bicyclic) bond motifs is 12. The van der Waals surface area contributed by atoms with Crippen molar-refractivity contribution in [3.8, 4) is 101 Å². The number of aromatic nitrogens is 9. The van der Waals surface area contributed by atoms with Crippen LogP contribution < -0.4 is 0 Å². The van der Waals surface area contributed by atoms with E-state index in [4.69, 9.17) is 4.98 Å². The Kier molecular flexibility index (Phi) is 17.1. The summed E-state index contributed by atoms with van der Waals surface area (Å²) in [5.74, 6) is 1.47.